The summed E-state index contributed by atoms with van der Waals surface area (Å²) in [5.74, 6) is -0.550. The Bertz CT molecular complexity index is 996. The van der Waals surface area contributed by atoms with Gasteiger partial charge < -0.3 is 5.32 Å². The SMILES string of the molecule is Cc1cccc(NC2=C(c3ccc(Cl)cc3Cl)C(=O)N(CC(C)C)C2=O)c1C. The van der Waals surface area contributed by atoms with Crippen LogP contribution < -0.4 is 5.32 Å². The van der Waals surface area contributed by atoms with Crippen molar-refractivity contribution in [3.05, 3.63) is 68.8 Å². The number of nitrogens with zero attached hydrogens (tertiary/aromatic N) is 1. The van der Waals surface area contributed by atoms with Crippen LogP contribution in [0.3, 0.4) is 0 Å². The van der Waals surface area contributed by atoms with Gasteiger partial charge in [-0.1, -0.05) is 55.2 Å². The second-order valence-corrected chi connectivity index (χ2v) is 8.21. The van der Waals surface area contributed by atoms with Crippen molar-refractivity contribution in [2.24, 2.45) is 5.92 Å². The standard InChI is InChI=1S/C22H22Cl2N2O2/c1-12(2)11-26-21(27)19(16-9-8-15(23)10-17(16)24)20(22(26)28)25-18-7-5-6-13(3)14(18)4/h5-10,12,25H,11H2,1-4H3. The number of aryl methyl sites for hydroxylation is 1. The van der Waals surface area contributed by atoms with Crippen molar-refractivity contribution in [3.63, 3.8) is 0 Å². The fraction of sp³-hybridized carbons (Fsp3) is 0.273. The molecule has 1 aliphatic heterocycles. The van der Waals surface area contributed by atoms with E-state index in [1.165, 1.54) is 4.90 Å². The first-order valence-electron chi connectivity index (χ1n) is 9.09. The van der Waals surface area contributed by atoms with Gasteiger partial charge in [0.05, 0.1) is 10.6 Å². The highest BCUT2D eigenvalue weighted by Crippen LogP contribution is 2.36. The molecule has 0 fully saturated rings. The Hall–Kier alpha value is -2.30. The highest BCUT2D eigenvalue weighted by molar-refractivity contribution is 6.41. The van der Waals surface area contributed by atoms with Gasteiger partial charge in [0, 0.05) is 22.8 Å². The van der Waals surface area contributed by atoms with Crippen LogP contribution in [0.5, 0.6) is 0 Å². The van der Waals surface area contributed by atoms with Gasteiger partial charge in [-0.2, -0.15) is 0 Å². The maximum Gasteiger partial charge on any atom is 0.278 e. The quantitative estimate of drug-likeness (QED) is 0.658. The molecular formula is C22H22Cl2N2O2. The Morgan fingerprint density at radius 3 is 2.39 bits per heavy atom. The number of carbonyl (C=O) groups is 2. The van der Waals surface area contributed by atoms with E-state index < -0.39 is 0 Å². The molecule has 0 saturated heterocycles. The molecule has 4 nitrogen and oxygen atoms in total. The van der Waals surface area contributed by atoms with E-state index in [1.807, 2.05) is 45.9 Å². The average molecular weight is 417 g/mol. The molecule has 1 N–H and O–H groups in total. The van der Waals surface area contributed by atoms with Crippen molar-refractivity contribution in [1.82, 2.24) is 4.90 Å². The topological polar surface area (TPSA) is 49.4 Å². The van der Waals surface area contributed by atoms with Gasteiger partial charge in [-0.25, -0.2) is 0 Å². The van der Waals surface area contributed by atoms with Gasteiger partial charge in [0.15, 0.2) is 0 Å². The Morgan fingerprint density at radius 2 is 1.75 bits per heavy atom. The molecule has 0 atom stereocenters. The van der Waals surface area contributed by atoms with Gasteiger partial charge in [-0.05, 0) is 49.1 Å². The van der Waals surface area contributed by atoms with E-state index in [4.69, 9.17) is 23.2 Å². The third-order valence-corrected chi connectivity index (χ3v) is 5.33. The van der Waals surface area contributed by atoms with Gasteiger partial charge in [0.2, 0.25) is 0 Å². The zero-order valence-corrected chi connectivity index (χ0v) is 17.8. The number of halogens is 2. The predicted octanol–water partition coefficient (Wildman–Crippen LogP) is 5.46. The molecule has 0 bridgehead atoms. The highest BCUT2D eigenvalue weighted by atomic mass is 35.5. The van der Waals surface area contributed by atoms with Gasteiger partial charge in [0.1, 0.15) is 5.70 Å². The second kappa shape index (κ2) is 7.98. The van der Waals surface area contributed by atoms with E-state index in [0.29, 0.717) is 22.2 Å². The smallest absolute Gasteiger partial charge is 0.278 e. The number of hydrogen-bond donors (Lipinski definition) is 1. The molecule has 3 rings (SSSR count). The zero-order valence-electron chi connectivity index (χ0n) is 16.3. The van der Waals surface area contributed by atoms with Crippen LogP contribution in [0, 0.1) is 19.8 Å². The molecule has 6 heteroatoms. The molecule has 146 valence electrons. The number of hydrogen-bond acceptors (Lipinski definition) is 3. The van der Waals surface area contributed by atoms with Crippen LogP contribution in [0.25, 0.3) is 5.57 Å². The largest absolute Gasteiger partial charge is 0.350 e. The maximum atomic E-state index is 13.2. The van der Waals surface area contributed by atoms with Crippen molar-refractivity contribution < 1.29 is 9.59 Å². The first-order chi connectivity index (χ1) is 13.2. The van der Waals surface area contributed by atoms with E-state index in [1.54, 1.807) is 18.2 Å². The van der Waals surface area contributed by atoms with Gasteiger partial charge in [-0.3, -0.25) is 14.5 Å². The molecule has 0 unspecified atom stereocenters. The maximum absolute atomic E-state index is 13.2. The molecule has 28 heavy (non-hydrogen) atoms. The molecule has 0 saturated carbocycles. The van der Waals surface area contributed by atoms with Gasteiger partial charge >= 0.3 is 0 Å². The Kier molecular flexibility index (Phi) is 5.82. The minimum Gasteiger partial charge on any atom is -0.350 e. The first kappa shape index (κ1) is 20.4. The fourth-order valence-electron chi connectivity index (χ4n) is 3.19. The monoisotopic (exact) mass is 416 g/mol. The van der Waals surface area contributed by atoms with Crippen molar-refractivity contribution in [2.75, 3.05) is 11.9 Å². The molecule has 0 aliphatic carbocycles. The van der Waals surface area contributed by atoms with Crippen LogP contribution in [0.2, 0.25) is 10.0 Å². The molecular weight excluding hydrogens is 395 g/mol. The number of carbonyl (C=O) groups excluding carboxylic acids is 2. The number of nitrogens with one attached hydrogen (secondary N) is 1. The summed E-state index contributed by atoms with van der Waals surface area (Å²) in [6.07, 6.45) is 0. The summed E-state index contributed by atoms with van der Waals surface area (Å²) in [5.41, 5.74) is 3.89. The minimum absolute atomic E-state index is 0.148. The Morgan fingerprint density at radius 1 is 1.04 bits per heavy atom. The highest BCUT2D eigenvalue weighted by Gasteiger charge is 2.40. The average Bonchev–Trinajstić information content (AvgIpc) is 2.83. The number of anilines is 1. The summed E-state index contributed by atoms with van der Waals surface area (Å²) < 4.78 is 0. The summed E-state index contributed by atoms with van der Waals surface area (Å²) in [5, 5.41) is 4.00. The summed E-state index contributed by atoms with van der Waals surface area (Å²) in [6.45, 7) is 8.24. The lowest BCUT2D eigenvalue weighted by atomic mass is 10.0. The Labute approximate surface area is 175 Å². The lowest BCUT2D eigenvalue weighted by Gasteiger charge is -2.18. The van der Waals surface area contributed by atoms with Crippen LogP contribution in [0.1, 0.15) is 30.5 Å². The molecule has 0 radical (unpaired) electrons. The number of rotatable bonds is 5. The number of imide groups is 1. The lowest BCUT2D eigenvalue weighted by molar-refractivity contribution is -0.137. The first-order valence-corrected chi connectivity index (χ1v) is 9.85. The van der Waals surface area contributed by atoms with E-state index in [0.717, 1.165) is 16.8 Å². The second-order valence-electron chi connectivity index (χ2n) is 7.36. The van der Waals surface area contributed by atoms with Crippen molar-refractivity contribution in [3.8, 4) is 0 Å². The molecule has 1 heterocycles. The molecule has 0 aromatic heterocycles. The molecule has 2 aromatic rings. The zero-order chi connectivity index (χ0) is 20.6. The fourth-order valence-corrected chi connectivity index (χ4v) is 3.69. The van der Waals surface area contributed by atoms with E-state index in [-0.39, 0.29) is 29.0 Å². The summed E-state index contributed by atoms with van der Waals surface area (Å²) >= 11 is 12.4. The van der Waals surface area contributed by atoms with Crippen LogP contribution in [-0.2, 0) is 9.59 Å². The normalized spacial score (nSPS) is 14.5. The molecule has 0 spiro atoms. The van der Waals surface area contributed by atoms with Crippen molar-refractivity contribution >= 4 is 46.3 Å². The van der Waals surface area contributed by atoms with Gasteiger partial charge in [0.25, 0.3) is 11.8 Å². The minimum atomic E-state index is -0.351. The third kappa shape index (κ3) is 3.80. The number of amides is 2. The predicted molar refractivity (Wildman–Crippen MR) is 114 cm³/mol. The van der Waals surface area contributed by atoms with E-state index in [2.05, 4.69) is 5.32 Å². The van der Waals surface area contributed by atoms with Crippen molar-refractivity contribution in [2.45, 2.75) is 27.7 Å². The van der Waals surface area contributed by atoms with Crippen molar-refractivity contribution in [1.29, 1.82) is 0 Å². The van der Waals surface area contributed by atoms with E-state index >= 15 is 0 Å². The lowest BCUT2D eigenvalue weighted by Crippen LogP contribution is -2.35. The molecule has 1 aliphatic rings. The van der Waals surface area contributed by atoms with Crippen LogP contribution in [0.15, 0.2) is 42.1 Å². The van der Waals surface area contributed by atoms with E-state index in [9.17, 15) is 9.59 Å². The molecule has 2 aromatic carbocycles. The van der Waals surface area contributed by atoms with Gasteiger partial charge in [-0.15, -0.1) is 0 Å². The molecule has 2 amide bonds. The van der Waals surface area contributed by atoms with Crippen LogP contribution in [0.4, 0.5) is 5.69 Å². The summed E-state index contributed by atoms with van der Waals surface area (Å²) in [4.78, 5) is 27.6. The van der Waals surface area contributed by atoms with Crippen LogP contribution in [-0.4, -0.2) is 23.3 Å². The Balaban J connectivity index is 2.15. The summed E-state index contributed by atoms with van der Waals surface area (Å²) in [6, 6.07) is 10.7. The summed E-state index contributed by atoms with van der Waals surface area (Å²) in [7, 11) is 0. The van der Waals surface area contributed by atoms with Crippen LogP contribution >= 0.6 is 23.2 Å². The third-order valence-electron chi connectivity index (χ3n) is 4.78. The number of benzene rings is 2.